The third-order valence-corrected chi connectivity index (χ3v) is 10.9. The molecule has 0 saturated carbocycles. The van der Waals surface area contributed by atoms with Crippen LogP contribution in [0.1, 0.15) is 27.7 Å². The average molecular weight is 662 g/mol. The van der Waals surface area contributed by atoms with Crippen LogP contribution in [0.15, 0.2) is 23.8 Å². The van der Waals surface area contributed by atoms with E-state index in [9.17, 15) is 25.9 Å². The van der Waals surface area contributed by atoms with Crippen molar-refractivity contribution in [3.63, 3.8) is 0 Å². The molecule has 8 nitrogen and oxygen atoms in total. The molecule has 0 aromatic carbocycles. The van der Waals surface area contributed by atoms with Gasteiger partial charge in [-0.3, -0.25) is 45.3 Å². The van der Waals surface area contributed by atoms with Gasteiger partial charge < -0.3 is 29.2 Å². The van der Waals surface area contributed by atoms with Gasteiger partial charge in [0.05, 0.1) is 32.3 Å². The summed E-state index contributed by atoms with van der Waals surface area (Å²) in [6.07, 6.45) is 4.71. The van der Waals surface area contributed by atoms with Gasteiger partial charge in [-0.15, -0.1) is 0 Å². The second-order valence-corrected chi connectivity index (χ2v) is 14.5. The van der Waals surface area contributed by atoms with Gasteiger partial charge in [0, 0.05) is 26.2 Å². The van der Waals surface area contributed by atoms with E-state index in [-0.39, 0.29) is 17.5 Å². The normalized spacial score (nSPS) is 19.6. The van der Waals surface area contributed by atoms with Crippen molar-refractivity contribution in [1.82, 2.24) is 30.0 Å². The molecule has 6 rings (SSSR count). The van der Waals surface area contributed by atoms with E-state index < -0.39 is 15.1 Å². The molecular weight excluding hydrogens is 617 g/mol. The molecule has 6 aliphatic rings. The van der Waals surface area contributed by atoms with Gasteiger partial charge in [0.2, 0.25) is 0 Å². The fourth-order valence-electron chi connectivity index (χ4n) is 6.14. The summed E-state index contributed by atoms with van der Waals surface area (Å²) in [6, 6.07) is 0. The first-order chi connectivity index (χ1) is 19.9. The van der Waals surface area contributed by atoms with Crippen LogP contribution in [0.4, 0.5) is 25.9 Å². The van der Waals surface area contributed by atoms with Crippen molar-refractivity contribution in [2.45, 2.75) is 39.0 Å². The zero-order chi connectivity index (χ0) is 31.0. The predicted molar refractivity (Wildman–Crippen MR) is 160 cm³/mol. The van der Waals surface area contributed by atoms with Crippen molar-refractivity contribution >= 4 is 34.8 Å². The van der Waals surface area contributed by atoms with Crippen molar-refractivity contribution in [3.05, 3.63) is 23.8 Å². The summed E-state index contributed by atoms with van der Waals surface area (Å²) in [4.78, 5) is 7.59. The van der Waals surface area contributed by atoms with Gasteiger partial charge in [-0.25, -0.2) is 0 Å². The quantitative estimate of drug-likeness (QED) is 0.142. The lowest BCUT2D eigenvalue weighted by atomic mass is 10.4. The molecule has 2 fully saturated rings. The topological polar surface area (TPSA) is 43.0 Å². The van der Waals surface area contributed by atoms with Crippen molar-refractivity contribution in [2.75, 3.05) is 85.6 Å². The minimum atomic E-state index is -3.67. The number of rotatable bonds is 3. The molecule has 19 heteroatoms. The number of fused-ring (bicyclic) bond motifs is 3. The van der Waals surface area contributed by atoms with Crippen molar-refractivity contribution in [1.29, 1.82) is 0 Å². The maximum absolute atomic E-state index is 9.67. The standard InChI is InChI=1S/C16H30N4P.C9H14N4.2BF3.2FH/c1-13(2)21(14(3)4)20-11-10-19-9-8-18-7-6-17(5)15(18)12-16(19)20;1-3-12-5-6-13-4-2-11-9(13)7-8(12)10-1;2*2-1(3)4;;/h12-14H,6-11H2,1-5H3;7H,1-6H2,(H,10,11);;;2*1H/q+1;;;;;/p-1. The maximum Gasteiger partial charge on any atom is 0.762 e. The van der Waals surface area contributed by atoms with Gasteiger partial charge in [-0.05, 0) is 19.4 Å². The van der Waals surface area contributed by atoms with Crippen LogP contribution < -0.4 is 20.0 Å². The van der Waals surface area contributed by atoms with Gasteiger partial charge in [0.15, 0.2) is 0 Å². The first-order valence-electron chi connectivity index (χ1n) is 14.6. The Labute approximate surface area is 257 Å². The summed E-state index contributed by atoms with van der Waals surface area (Å²) in [5.41, 5.74) is 1.51. The van der Waals surface area contributed by atoms with Crippen LogP contribution in [0, 0.1) is 0 Å². The molecule has 0 aliphatic carbocycles. The van der Waals surface area contributed by atoms with E-state index in [1.54, 1.807) is 0 Å². The zero-order valence-corrected chi connectivity index (χ0v) is 27.0. The molecule has 0 amide bonds. The van der Waals surface area contributed by atoms with Crippen LogP contribution in [0.2, 0.25) is 0 Å². The Balaban J connectivity index is 0.000000359. The zero-order valence-electron chi connectivity index (χ0n) is 26.1. The third kappa shape index (κ3) is 10.9. The summed E-state index contributed by atoms with van der Waals surface area (Å²) < 4.78 is 65.6. The molecule has 0 radical (unpaired) electrons. The highest BCUT2D eigenvalue weighted by molar-refractivity contribution is 7.56. The third-order valence-electron chi connectivity index (χ3n) is 7.80. The van der Waals surface area contributed by atoms with E-state index in [0.29, 0.717) is 0 Å². The smallest absolute Gasteiger partial charge is 0.762 e. The SMILES string of the molecule is C1=C2NCCN2CC[N+]2=C1NCC2.CC(C)P(C(C)C)N1CCN2CCN3CC[N+](C)=C3C=C21.FB(F)F.FB(F)F.[F-].[F-]. The number of hydrogen-bond donors (Lipinski definition) is 2. The van der Waals surface area contributed by atoms with Crippen LogP contribution in [-0.4, -0.2) is 152 Å². The van der Waals surface area contributed by atoms with Gasteiger partial charge in [-0.2, -0.15) is 0 Å². The lowest BCUT2D eigenvalue weighted by Crippen LogP contribution is -3.00. The highest BCUT2D eigenvalue weighted by Gasteiger charge is 2.39. The van der Waals surface area contributed by atoms with E-state index in [4.69, 9.17) is 0 Å². The van der Waals surface area contributed by atoms with Gasteiger partial charge in [-0.1, -0.05) is 27.7 Å². The molecule has 2 N–H and O–H groups in total. The molecule has 6 heterocycles. The number of halogens is 8. The second kappa shape index (κ2) is 18.6. The largest absolute Gasteiger partial charge is 1.00 e. The summed E-state index contributed by atoms with van der Waals surface area (Å²) in [5, 5.41) is 6.82. The van der Waals surface area contributed by atoms with Gasteiger partial charge in [0.25, 0.3) is 11.7 Å². The lowest BCUT2D eigenvalue weighted by molar-refractivity contribution is -0.516. The first-order valence-corrected chi connectivity index (χ1v) is 16.1. The number of nitrogens with one attached hydrogen (secondary N) is 2. The second-order valence-electron chi connectivity index (χ2n) is 11.2. The van der Waals surface area contributed by atoms with Crippen molar-refractivity contribution in [2.24, 2.45) is 0 Å². The van der Waals surface area contributed by atoms with Crippen LogP contribution in [-0.2, 0) is 0 Å². The van der Waals surface area contributed by atoms with E-state index >= 15 is 0 Å². The molecule has 0 aromatic rings. The van der Waals surface area contributed by atoms with Crippen LogP contribution >= 0.6 is 8.07 Å². The summed E-state index contributed by atoms with van der Waals surface area (Å²) in [6.45, 7) is 23.5. The van der Waals surface area contributed by atoms with Gasteiger partial charge in [0.1, 0.15) is 50.9 Å². The number of likely N-dealkylation sites (N-methyl/N-ethyl adjacent to an activating group) is 1. The molecule has 6 aliphatic heterocycles. The molecule has 0 spiro atoms. The Morgan fingerprint density at radius 2 is 1.27 bits per heavy atom. The Hall–Kier alpha value is -2.38. The fraction of sp³-hybridized carbons (Fsp3) is 0.760. The molecule has 0 atom stereocenters. The van der Waals surface area contributed by atoms with Crippen molar-refractivity contribution in [3.8, 4) is 0 Å². The lowest BCUT2D eigenvalue weighted by Gasteiger charge is -2.36. The van der Waals surface area contributed by atoms with Crippen LogP contribution in [0.5, 0.6) is 0 Å². The molecule has 0 bridgehead atoms. The Bertz CT molecular complexity index is 1010. The molecule has 0 aromatic heterocycles. The molecule has 0 unspecified atom stereocenters. The van der Waals surface area contributed by atoms with Gasteiger partial charge >= 0.3 is 15.1 Å². The number of hydrogen-bond acceptors (Lipinski definition) is 6. The highest BCUT2D eigenvalue weighted by atomic mass is 31.1. The summed E-state index contributed by atoms with van der Waals surface area (Å²) in [5.74, 6) is 5.52. The van der Waals surface area contributed by atoms with E-state index in [0.717, 1.165) is 50.6 Å². The van der Waals surface area contributed by atoms with E-state index in [1.165, 1.54) is 62.6 Å². The molecule has 44 heavy (non-hydrogen) atoms. The van der Waals surface area contributed by atoms with Crippen molar-refractivity contribution < 1.29 is 44.5 Å². The predicted octanol–water partition coefficient (Wildman–Crippen LogP) is -3.44. The first kappa shape index (κ1) is 39.6. The average Bonchev–Trinajstić information content (AvgIpc) is 3.65. The minimum Gasteiger partial charge on any atom is -1.00 e. The summed E-state index contributed by atoms with van der Waals surface area (Å²) >= 11 is 0. The minimum absolute atomic E-state index is 0. The fourth-order valence-corrected chi connectivity index (χ4v) is 9.18. The van der Waals surface area contributed by atoms with E-state index in [2.05, 4.69) is 86.0 Å². The monoisotopic (exact) mass is 662 g/mol. The number of amidine groups is 2. The maximum atomic E-state index is 9.67. The molecular formula is C25H45B2F8N8P. The van der Waals surface area contributed by atoms with Crippen LogP contribution in [0.3, 0.4) is 0 Å². The summed E-state index contributed by atoms with van der Waals surface area (Å²) in [7, 11) is -5.20. The Kier molecular flexibility index (Phi) is 16.7. The van der Waals surface area contributed by atoms with E-state index in [1.807, 2.05) is 0 Å². The highest BCUT2D eigenvalue weighted by Crippen LogP contribution is 2.53. The Morgan fingerprint density at radius 1 is 0.705 bits per heavy atom. The molecule has 2 saturated heterocycles. The Morgan fingerprint density at radius 3 is 1.89 bits per heavy atom. The van der Waals surface area contributed by atoms with Crippen LogP contribution in [0.25, 0.3) is 0 Å². The molecule has 252 valence electrons. The number of nitrogens with zero attached hydrogens (tertiary/aromatic N) is 6.